The lowest BCUT2D eigenvalue weighted by Gasteiger charge is -2.65. The van der Waals surface area contributed by atoms with Gasteiger partial charge < -0.3 is 15.3 Å². The van der Waals surface area contributed by atoms with Crippen molar-refractivity contribution in [3.8, 4) is 0 Å². The Bertz CT molecular complexity index is 709. The Labute approximate surface area is 142 Å². The summed E-state index contributed by atoms with van der Waals surface area (Å²) in [7, 11) is 0. The maximum atomic E-state index is 11.3. The SMILES string of the molecule is C=C1C[C@]23C[C@H]4[C@@H]5[C@@]6(C)C[C@H](O)C[C@]57[C@@H]([C@H]2[C@H](O)[C@H]1[C@@H](O)[C@@H]37)N4C6. The summed E-state index contributed by atoms with van der Waals surface area (Å²) in [5.74, 6) is 1.02. The van der Waals surface area contributed by atoms with Gasteiger partial charge in [-0.2, -0.15) is 0 Å². The Balaban J connectivity index is 1.54. The largest absolute Gasteiger partial charge is 0.393 e. The van der Waals surface area contributed by atoms with Crippen LogP contribution < -0.4 is 0 Å². The summed E-state index contributed by atoms with van der Waals surface area (Å²) < 4.78 is 0. The fourth-order valence-corrected chi connectivity index (χ4v) is 10.7. The molecule has 3 aliphatic heterocycles. The molecule has 24 heavy (non-hydrogen) atoms. The van der Waals surface area contributed by atoms with Crippen LogP contribution in [0, 0.1) is 39.9 Å². The third kappa shape index (κ3) is 0.980. The summed E-state index contributed by atoms with van der Waals surface area (Å²) in [5, 5.41) is 33.3. The maximum absolute atomic E-state index is 11.3. The molecule has 2 spiro atoms. The molecule has 6 aliphatic carbocycles. The van der Waals surface area contributed by atoms with Gasteiger partial charge in [-0.1, -0.05) is 19.1 Å². The highest BCUT2D eigenvalue weighted by Crippen LogP contribution is 2.86. The zero-order chi connectivity index (χ0) is 16.4. The first-order chi connectivity index (χ1) is 11.4. The van der Waals surface area contributed by atoms with E-state index in [9.17, 15) is 15.3 Å². The van der Waals surface area contributed by atoms with Crippen molar-refractivity contribution in [3.63, 3.8) is 0 Å². The highest BCUT2D eigenvalue weighted by molar-refractivity contribution is 5.43. The first-order valence-electron chi connectivity index (χ1n) is 9.83. The van der Waals surface area contributed by atoms with Gasteiger partial charge in [-0.25, -0.2) is 0 Å². The van der Waals surface area contributed by atoms with Crippen LogP contribution in [0.2, 0.25) is 0 Å². The van der Waals surface area contributed by atoms with Gasteiger partial charge in [0.05, 0.1) is 18.3 Å². The molecule has 0 aromatic rings. The van der Waals surface area contributed by atoms with Gasteiger partial charge in [-0.3, -0.25) is 4.90 Å². The van der Waals surface area contributed by atoms with Gasteiger partial charge >= 0.3 is 0 Å². The zero-order valence-corrected chi connectivity index (χ0v) is 14.2. The van der Waals surface area contributed by atoms with E-state index in [4.69, 9.17) is 0 Å². The van der Waals surface area contributed by atoms with Gasteiger partial charge in [0.1, 0.15) is 0 Å². The summed E-state index contributed by atoms with van der Waals surface area (Å²) in [6.45, 7) is 7.72. The molecule has 6 saturated carbocycles. The number of aliphatic hydroxyl groups is 3. The molecular weight excluding hydrogens is 302 g/mol. The minimum Gasteiger partial charge on any atom is -0.393 e. The number of aliphatic hydroxyl groups excluding tert-OH is 3. The van der Waals surface area contributed by atoms with Gasteiger partial charge in [0.15, 0.2) is 0 Å². The molecule has 4 nitrogen and oxygen atoms in total. The van der Waals surface area contributed by atoms with E-state index in [2.05, 4.69) is 18.4 Å². The van der Waals surface area contributed by atoms with Crippen molar-refractivity contribution in [2.75, 3.05) is 6.54 Å². The van der Waals surface area contributed by atoms with Crippen molar-refractivity contribution in [2.24, 2.45) is 39.9 Å². The summed E-state index contributed by atoms with van der Waals surface area (Å²) in [6.07, 6.45) is 2.76. The second-order valence-electron chi connectivity index (χ2n) is 10.8. The maximum Gasteiger partial charge on any atom is 0.0679 e. The van der Waals surface area contributed by atoms with E-state index in [1.807, 2.05) is 0 Å². The first kappa shape index (κ1) is 13.7. The lowest BCUT2D eigenvalue weighted by Crippen LogP contribution is -2.67. The Hall–Kier alpha value is -0.420. The molecule has 9 bridgehead atoms. The molecular formula is C20H27NO3. The number of hydrogen-bond acceptors (Lipinski definition) is 4. The summed E-state index contributed by atoms with van der Waals surface area (Å²) in [6, 6.07) is 0.999. The lowest BCUT2D eigenvalue weighted by molar-refractivity contribution is -0.213. The summed E-state index contributed by atoms with van der Waals surface area (Å²) >= 11 is 0. The fraction of sp³-hybridized carbons (Fsp3) is 0.900. The van der Waals surface area contributed by atoms with E-state index < -0.39 is 12.2 Å². The van der Waals surface area contributed by atoms with Crippen LogP contribution in [0.4, 0.5) is 0 Å². The summed E-state index contributed by atoms with van der Waals surface area (Å²) in [5.41, 5.74) is 1.37. The van der Waals surface area contributed by atoms with E-state index in [0.29, 0.717) is 18.0 Å². The normalized spacial score (nSPS) is 76.1. The molecule has 3 saturated heterocycles. The van der Waals surface area contributed by atoms with Crippen LogP contribution in [0.15, 0.2) is 12.2 Å². The molecule has 9 aliphatic rings. The lowest BCUT2D eigenvalue weighted by atomic mass is 9.39. The van der Waals surface area contributed by atoms with Gasteiger partial charge in [0.25, 0.3) is 0 Å². The Morgan fingerprint density at radius 1 is 1.08 bits per heavy atom. The van der Waals surface area contributed by atoms with E-state index in [1.54, 1.807) is 0 Å². The molecule has 3 N–H and O–H groups in total. The topological polar surface area (TPSA) is 63.9 Å². The molecule has 0 aromatic heterocycles. The minimum atomic E-state index is -0.460. The van der Waals surface area contributed by atoms with Gasteiger partial charge in [-0.05, 0) is 53.8 Å². The average molecular weight is 329 g/mol. The van der Waals surface area contributed by atoms with Crippen molar-refractivity contribution in [3.05, 3.63) is 12.2 Å². The number of fused-ring (bicyclic) bond motifs is 1. The Morgan fingerprint density at radius 3 is 2.67 bits per heavy atom. The smallest absolute Gasteiger partial charge is 0.0679 e. The highest BCUT2D eigenvalue weighted by atomic mass is 16.3. The molecule has 13 atom stereocenters. The third-order valence-electron chi connectivity index (χ3n) is 10.1. The zero-order valence-electron chi connectivity index (χ0n) is 14.2. The molecule has 0 radical (unpaired) electrons. The molecule has 4 heteroatoms. The monoisotopic (exact) mass is 329 g/mol. The summed E-state index contributed by atoms with van der Waals surface area (Å²) in [4.78, 5) is 2.73. The van der Waals surface area contributed by atoms with Crippen molar-refractivity contribution in [1.29, 1.82) is 0 Å². The van der Waals surface area contributed by atoms with Crippen LogP contribution in [0.25, 0.3) is 0 Å². The second kappa shape index (κ2) is 3.40. The van der Waals surface area contributed by atoms with E-state index in [1.165, 1.54) is 0 Å². The Kier molecular flexibility index (Phi) is 1.95. The third-order valence-corrected chi connectivity index (χ3v) is 10.1. The van der Waals surface area contributed by atoms with Crippen molar-refractivity contribution in [1.82, 2.24) is 4.90 Å². The van der Waals surface area contributed by atoms with Crippen LogP contribution >= 0.6 is 0 Å². The predicted molar refractivity (Wildman–Crippen MR) is 86.8 cm³/mol. The van der Waals surface area contributed by atoms with E-state index in [0.717, 1.165) is 37.8 Å². The molecule has 9 fully saturated rings. The standard InChI is InChI=1S/C20H27NO3/c1-8-3-19-6-10-15-18(2)4-9(22)5-20(15)16(19)14(24)11(8)13(23)12(19)17(20)21(10)7-18/h9-17,22-24H,1,3-7H2,2H3/t9-,10-,11-,12+,13+,14+,15+,16-,17+,18-,19-,20-/m0/s1. The molecule has 130 valence electrons. The molecule has 1 unspecified atom stereocenters. The van der Waals surface area contributed by atoms with Crippen LogP contribution in [-0.4, -0.2) is 57.2 Å². The number of rotatable bonds is 0. The van der Waals surface area contributed by atoms with Gasteiger partial charge in [0, 0.05) is 30.5 Å². The predicted octanol–water partition coefficient (Wildman–Crippen LogP) is 0.764. The molecule has 3 heterocycles. The van der Waals surface area contributed by atoms with Crippen LogP contribution in [0.1, 0.15) is 32.6 Å². The molecule has 0 amide bonds. The fourth-order valence-electron chi connectivity index (χ4n) is 10.7. The quantitative estimate of drug-likeness (QED) is 0.574. The number of hydrogen-bond donors (Lipinski definition) is 3. The van der Waals surface area contributed by atoms with Crippen molar-refractivity contribution >= 4 is 0 Å². The van der Waals surface area contributed by atoms with Crippen LogP contribution in [0.5, 0.6) is 0 Å². The average Bonchev–Trinajstić information content (AvgIpc) is 2.88. The van der Waals surface area contributed by atoms with Crippen LogP contribution in [0.3, 0.4) is 0 Å². The van der Waals surface area contributed by atoms with E-state index in [-0.39, 0.29) is 40.1 Å². The molecule has 0 aromatic carbocycles. The Morgan fingerprint density at radius 2 is 1.88 bits per heavy atom. The van der Waals surface area contributed by atoms with Crippen LogP contribution in [-0.2, 0) is 0 Å². The van der Waals surface area contributed by atoms with E-state index >= 15 is 0 Å². The highest BCUT2D eigenvalue weighted by Gasteiger charge is 2.90. The van der Waals surface area contributed by atoms with Crippen molar-refractivity contribution < 1.29 is 15.3 Å². The first-order valence-corrected chi connectivity index (χ1v) is 9.83. The minimum absolute atomic E-state index is 0.0358. The second-order valence-corrected chi connectivity index (χ2v) is 10.8. The van der Waals surface area contributed by atoms with Gasteiger partial charge in [0.2, 0.25) is 0 Å². The van der Waals surface area contributed by atoms with Gasteiger partial charge in [-0.15, -0.1) is 0 Å². The molecule has 9 rings (SSSR count). The number of piperidine rings is 2. The van der Waals surface area contributed by atoms with Crippen molar-refractivity contribution in [2.45, 2.75) is 63.0 Å². The number of nitrogens with zero attached hydrogens (tertiary/aromatic N) is 1.